The predicted molar refractivity (Wildman–Crippen MR) is 106 cm³/mol. The van der Waals surface area contributed by atoms with E-state index in [4.69, 9.17) is 4.74 Å². The Balaban J connectivity index is 1.49. The summed E-state index contributed by atoms with van der Waals surface area (Å²) in [5.74, 6) is -1.88. The number of carbonyl (C=O) groups excluding carboxylic acids is 4. The molecule has 3 amide bonds. The van der Waals surface area contributed by atoms with Crippen LogP contribution in [0.4, 0.5) is 5.69 Å². The molecule has 150 valence electrons. The zero-order valence-electron chi connectivity index (χ0n) is 16.4. The lowest BCUT2D eigenvalue weighted by Gasteiger charge is -2.26. The summed E-state index contributed by atoms with van der Waals surface area (Å²) >= 11 is 0. The van der Waals surface area contributed by atoms with Crippen LogP contribution in [-0.4, -0.2) is 41.7 Å². The van der Waals surface area contributed by atoms with Crippen molar-refractivity contribution in [2.45, 2.75) is 26.7 Å². The maximum absolute atomic E-state index is 12.5. The molecular formula is C22H22N2O5. The number of anilines is 1. The van der Waals surface area contributed by atoms with Crippen molar-refractivity contribution in [3.05, 3.63) is 64.7 Å². The summed E-state index contributed by atoms with van der Waals surface area (Å²) in [6, 6.07) is 12.4. The van der Waals surface area contributed by atoms with Crippen LogP contribution in [0.1, 0.15) is 33.5 Å². The molecule has 2 aromatic carbocycles. The molecule has 29 heavy (non-hydrogen) atoms. The second-order valence-electron chi connectivity index (χ2n) is 6.89. The number of fused-ring (bicyclic) bond motifs is 1. The first-order valence-corrected chi connectivity index (χ1v) is 9.31. The molecule has 0 spiro atoms. The van der Waals surface area contributed by atoms with E-state index in [1.807, 2.05) is 26.0 Å². The van der Waals surface area contributed by atoms with Gasteiger partial charge in [-0.15, -0.1) is 0 Å². The first kappa shape index (κ1) is 20.3. The molecule has 1 heterocycles. The monoisotopic (exact) mass is 394 g/mol. The highest BCUT2D eigenvalue weighted by molar-refractivity contribution is 6.09. The van der Waals surface area contributed by atoms with Gasteiger partial charge in [0.15, 0.2) is 6.61 Å². The number of esters is 1. The Bertz CT molecular complexity index is 983. The Labute approximate surface area is 168 Å². The Morgan fingerprint density at radius 3 is 2.62 bits per heavy atom. The fourth-order valence-corrected chi connectivity index (χ4v) is 3.12. The van der Waals surface area contributed by atoms with Gasteiger partial charge in [-0.25, -0.2) is 0 Å². The third kappa shape index (κ3) is 4.68. The third-order valence-electron chi connectivity index (χ3n) is 4.92. The van der Waals surface area contributed by atoms with Gasteiger partial charge in [0, 0.05) is 17.8 Å². The smallest absolute Gasteiger partial charge is 0.308 e. The highest BCUT2D eigenvalue weighted by Crippen LogP contribution is 2.20. The number of nitrogens with zero attached hydrogens (tertiary/aromatic N) is 1. The summed E-state index contributed by atoms with van der Waals surface area (Å²) in [6.45, 7) is 3.31. The minimum atomic E-state index is -0.652. The van der Waals surface area contributed by atoms with E-state index in [9.17, 15) is 19.2 Å². The quantitative estimate of drug-likeness (QED) is 0.600. The van der Waals surface area contributed by atoms with E-state index in [1.54, 1.807) is 30.3 Å². The molecule has 0 bridgehead atoms. The van der Waals surface area contributed by atoms with Gasteiger partial charge in [0.2, 0.25) is 5.91 Å². The zero-order chi connectivity index (χ0) is 21.0. The predicted octanol–water partition coefficient (Wildman–Crippen LogP) is 2.40. The number of benzene rings is 2. The van der Waals surface area contributed by atoms with Crippen LogP contribution in [0, 0.1) is 13.8 Å². The van der Waals surface area contributed by atoms with Gasteiger partial charge in [-0.2, -0.15) is 0 Å². The Kier molecular flexibility index (Phi) is 6.07. The number of nitrogens with one attached hydrogen (secondary N) is 1. The molecule has 0 saturated heterocycles. The number of aryl methyl sites for hydroxylation is 1. The molecule has 0 atom stereocenters. The van der Waals surface area contributed by atoms with Gasteiger partial charge < -0.3 is 10.1 Å². The minimum absolute atomic E-state index is 0.0799. The fraction of sp³-hybridized carbons (Fsp3) is 0.273. The summed E-state index contributed by atoms with van der Waals surface area (Å²) in [6.07, 6.45) is -0.0500. The van der Waals surface area contributed by atoms with Crippen LogP contribution in [0.5, 0.6) is 0 Å². The van der Waals surface area contributed by atoms with Crippen molar-refractivity contribution < 1.29 is 23.9 Å². The first-order chi connectivity index (χ1) is 13.9. The van der Waals surface area contributed by atoms with Crippen LogP contribution in [0.15, 0.2) is 42.5 Å². The van der Waals surface area contributed by atoms with Gasteiger partial charge in [-0.1, -0.05) is 30.3 Å². The van der Waals surface area contributed by atoms with Crippen molar-refractivity contribution in [3.8, 4) is 0 Å². The number of hydrogen-bond acceptors (Lipinski definition) is 5. The van der Waals surface area contributed by atoms with Crippen LogP contribution in [0.25, 0.3) is 0 Å². The molecule has 3 rings (SSSR count). The molecule has 0 unspecified atom stereocenters. The minimum Gasteiger partial charge on any atom is -0.456 e. The fourth-order valence-electron chi connectivity index (χ4n) is 3.12. The number of hydrogen-bond donors (Lipinski definition) is 1. The zero-order valence-corrected chi connectivity index (χ0v) is 16.4. The van der Waals surface area contributed by atoms with E-state index >= 15 is 0 Å². The normalized spacial score (nSPS) is 13.1. The van der Waals surface area contributed by atoms with Gasteiger partial charge in [0.25, 0.3) is 11.8 Å². The number of ether oxygens (including phenoxy) is 1. The molecule has 0 fully saturated rings. The maximum Gasteiger partial charge on any atom is 0.308 e. The summed E-state index contributed by atoms with van der Waals surface area (Å²) in [5.41, 5.74) is 3.79. The second kappa shape index (κ2) is 8.68. The van der Waals surface area contributed by atoms with Crippen LogP contribution >= 0.6 is 0 Å². The topological polar surface area (TPSA) is 92.8 Å². The standard InChI is InChI=1S/C22H22N2O5/c1-14-6-5-9-18(15(14)2)23-19(25)13-29-21(27)10-11-24-20(26)12-16-7-3-4-8-17(16)22(24)28/h3-9H,10-13H2,1-2H3,(H,23,25). The maximum atomic E-state index is 12.5. The molecule has 1 aliphatic heterocycles. The second-order valence-corrected chi connectivity index (χ2v) is 6.89. The summed E-state index contributed by atoms with van der Waals surface area (Å²) < 4.78 is 4.98. The van der Waals surface area contributed by atoms with Crippen molar-refractivity contribution in [2.24, 2.45) is 0 Å². The van der Waals surface area contributed by atoms with E-state index in [2.05, 4.69) is 5.32 Å². The highest BCUT2D eigenvalue weighted by Gasteiger charge is 2.30. The van der Waals surface area contributed by atoms with E-state index < -0.39 is 24.4 Å². The molecule has 7 heteroatoms. The summed E-state index contributed by atoms with van der Waals surface area (Å²) in [4.78, 5) is 49.7. The number of imide groups is 1. The lowest BCUT2D eigenvalue weighted by molar-refractivity contribution is -0.147. The molecule has 0 radical (unpaired) electrons. The van der Waals surface area contributed by atoms with Gasteiger partial charge in [0.05, 0.1) is 12.8 Å². The van der Waals surface area contributed by atoms with Gasteiger partial charge >= 0.3 is 5.97 Å². The van der Waals surface area contributed by atoms with Crippen molar-refractivity contribution in [3.63, 3.8) is 0 Å². The van der Waals surface area contributed by atoms with Crippen LogP contribution in [0.2, 0.25) is 0 Å². The first-order valence-electron chi connectivity index (χ1n) is 9.31. The SMILES string of the molecule is Cc1cccc(NC(=O)COC(=O)CCN2C(=O)Cc3ccccc3C2=O)c1C. The highest BCUT2D eigenvalue weighted by atomic mass is 16.5. The van der Waals surface area contributed by atoms with Crippen LogP contribution < -0.4 is 5.32 Å². The average molecular weight is 394 g/mol. The molecule has 0 saturated carbocycles. The van der Waals surface area contributed by atoms with Gasteiger partial charge in [0.1, 0.15) is 0 Å². The summed E-state index contributed by atoms with van der Waals surface area (Å²) in [5, 5.41) is 2.70. The number of rotatable bonds is 6. The lowest BCUT2D eigenvalue weighted by Crippen LogP contribution is -2.43. The lowest BCUT2D eigenvalue weighted by atomic mass is 9.98. The van der Waals surface area contributed by atoms with E-state index in [0.717, 1.165) is 16.0 Å². The molecule has 0 aromatic heterocycles. The Hall–Kier alpha value is -3.48. The third-order valence-corrected chi connectivity index (χ3v) is 4.92. The number of amides is 3. The molecule has 7 nitrogen and oxygen atoms in total. The van der Waals surface area contributed by atoms with Crippen molar-refractivity contribution >= 4 is 29.4 Å². The average Bonchev–Trinajstić information content (AvgIpc) is 2.69. The van der Waals surface area contributed by atoms with Crippen LogP contribution in [-0.2, 0) is 25.5 Å². The molecule has 1 aliphatic rings. The van der Waals surface area contributed by atoms with Crippen molar-refractivity contribution in [1.82, 2.24) is 4.90 Å². The molecule has 1 N–H and O–H groups in total. The van der Waals surface area contributed by atoms with Gasteiger partial charge in [-0.3, -0.25) is 24.1 Å². The van der Waals surface area contributed by atoms with Crippen molar-refractivity contribution in [1.29, 1.82) is 0 Å². The Morgan fingerprint density at radius 2 is 1.83 bits per heavy atom. The molecule has 0 aliphatic carbocycles. The summed E-state index contributed by atoms with van der Waals surface area (Å²) in [7, 11) is 0. The van der Waals surface area contributed by atoms with Gasteiger partial charge in [-0.05, 0) is 42.7 Å². The van der Waals surface area contributed by atoms with Crippen molar-refractivity contribution in [2.75, 3.05) is 18.5 Å². The molecular weight excluding hydrogens is 372 g/mol. The van der Waals surface area contributed by atoms with E-state index in [-0.39, 0.29) is 25.3 Å². The Morgan fingerprint density at radius 1 is 1.07 bits per heavy atom. The molecule has 2 aromatic rings. The van der Waals surface area contributed by atoms with E-state index in [1.165, 1.54) is 0 Å². The van der Waals surface area contributed by atoms with E-state index in [0.29, 0.717) is 16.8 Å². The number of carbonyl (C=O) groups is 4. The largest absolute Gasteiger partial charge is 0.456 e. The van der Waals surface area contributed by atoms with Crippen LogP contribution in [0.3, 0.4) is 0 Å².